The Morgan fingerprint density at radius 2 is 1.70 bits per heavy atom. The average molecular weight is 406 g/mol. The largest absolute Gasteiger partial charge is 0.394 e. The number of nitrogens with one attached hydrogen (secondary N) is 1. The number of anilines is 1. The number of aliphatic hydroxyl groups excluding tert-OH is 1. The van der Waals surface area contributed by atoms with Crippen LogP contribution in [0.1, 0.15) is 10.4 Å². The molecule has 0 bridgehead atoms. The number of benzene rings is 1. The molecule has 2 N–H and O–H groups in total. The number of carbonyl (C=O) groups excluding carboxylic acids is 2. The average Bonchev–Trinajstić information content (AvgIpc) is 2.82. The van der Waals surface area contributed by atoms with E-state index in [0.717, 1.165) is 0 Å². The second-order valence-electron chi connectivity index (χ2n) is 6.95. The zero-order valence-corrected chi connectivity index (χ0v) is 16.3. The van der Waals surface area contributed by atoms with Gasteiger partial charge in [0.15, 0.2) is 0 Å². The Morgan fingerprint density at radius 3 is 2.43 bits per heavy atom. The summed E-state index contributed by atoms with van der Waals surface area (Å²) in [4.78, 5) is 42.0. The van der Waals surface area contributed by atoms with Gasteiger partial charge in [0.2, 0.25) is 11.9 Å². The van der Waals surface area contributed by atoms with Crippen molar-refractivity contribution in [3.8, 4) is 0 Å². The molecule has 0 spiro atoms. The van der Waals surface area contributed by atoms with Crippen molar-refractivity contribution in [2.75, 3.05) is 37.7 Å². The second-order valence-corrected chi connectivity index (χ2v) is 6.95. The van der Waals surface area contributed by atoms with Crippen LogP contribution in [0.25, 0.3) is 10.9 Å². The Labute approximate surface area is 173 Å². The van der Waals surface area contributed by atoms with E-state index in [1.54, 1.807) is 41.7 Å². The first-order valence-electron chi connectivity index (χ1n) is 9.73. The molecule has 3 heterocycles. The molecule has 154 valence electrons. The highest BCUT2D eigenvalue weighted by Gasteiger charge is 2.29. The summed E-state index contributed by atoms with van der Waals surface area (Å²) >= 11 is 0. The van der Waals surface area contributed by atoms with Gasteiger partial charge < -0.3 is 20.2 Å². The highest BCUT2D eigenvalue weighted by molar-refractivity contribution is 6.07. The summed E-state index contributed by atoms with van der Waals surface area (Å²) < 4.78 is 0. The van der Waals surface area contributed by atoms with E-state index in [9.17, 15) is 14.7 Å². The lowest BCUT2D eigenvalue weighted by Crippen LogP contribution is -2.56. The molecule has 1 fully saturated rings. The Kier molecular flexibility index (Phi) is 5.80. The number of para-hydroxylation sites is 1. The van der Waals surface area contributed by atoms with Gasteiger partial charge in [0, 0.05) is 50.2 Å². The summed E-state index contributed by atoms with van der Waals surface area (Å²) in [5.74, 6) is -0.101. The van der Waals surface area contributed by atoms with Crippen LogP contribution in [0.3, 0.4) is 0 Å². The smallest absolute Gasteiger partial charge is 0.252 e. The van der Waals surface area contributed by atoms with Crippen molar-refractivity contribution in [1.82, 2.24) is 25.2 Å². The van der Waals surface area contributed by atoms with Crippen LogP contribution in [0.5, 0.6) is 0 Å². The molecule has 1 aromatic carbocycles. The van der Waals surface area contributed by atoms with E-state index in [1.165, 1.54) is 0 Å². The van der Waals surface area contributed by atoms with Crippen LogP contribution in [0, 0.1) is 0 Å². The van der Waals surface area contributed by atoms with E-state index in [1.807, 2.05) is 23.1 Å². The highest BCUT2D eigenvalue weighted by atomic mass is 16.3. The first-order valence-corrected chi connectivity index (χ1v) is 9.73. The molecule has 0 unspecified atom stereocenters. The van der Waals surface area contributed by atoms with Crippen molar-refractivity contribution >= 4 is 28.7 Å². The molecule has 1 aliphatic rings. The summed E-state index contributed by atoms with van der Waals surface area (Å²) in [5.41, 5.74) is 1.11. The number of fused-ring (bicyclic) bond motifs is 1. The van der Waals surface area contributed by atoms with Gasteiger partial charge in [-0.1, -0.05) is 18.2 Å². The molecule has 1 saturated heterocycles. The number of aliphatic hydroxyl groups is 1. The Morgan fingerprint density at radius 1 is 0.967 bits per heavy atom. The summed E-state index contributed by atoms with van der Waals surface area (Å²) in [6.45, 7) is 1.60. The van der Waals surface area contributed by atoms with Gasteiger partial charge in [-0.25, -0.2) is 9.97 Å². The third-order valence-electron chi connectivity index (χ3n) is 5.11. The number of piperazine rings is 1. The molecule has 3 aromatic rings. The number of hydrogen-bond donors (Lipinski definition) is 2. The molecule has 2 amide bonds. The molecule has 0 radical (unpaired) electrons. The first kappa shape index (κ1) is 19.7. The zero-order valence-electron chi connectivity index (χ0n) is 16.3. The molecule has 0 saturated carbocycles. The van der Waals surface area contributed by atoms with Gasteiger partial charge in [-0.05, 0) is 18.2 Å². The topological polar surface area (TPSA) is 112 Å². The van der Waals surface area contributed by atoms with Crippen molar-refractivity contribution in [1.29, 1.82) is 0 Å². The summed E-state index contributed by atoms with van der Waals surface area (Å²) in [5, 5.41) is 13.1. The third kappa shape index (κ3) is 4.06. The van der Waals surface area contributed by atoms with Gasteiger partial charge in [0.05, 0.1) is 17.7 Å². The minimum atomic E-state index is -1.01. The van der Waals surface area contributed by atoms with E-state index >= 15 is 0 Å². The lowest BCUT2D eigenvalue weighted by Gasteiger charge is -2.36. The van der Waals surface area contributed by atoms with Gasteiger partial charge in [-0.3, -0.25) is 14.6 Å². The lowest BCUT2D eigenvalue weighted by molar-refractivity contribution is -0.134. The standard InChI is InChI=1S/C21H22N6O3/c28-14-18(25-19(29)16-6-9-22-17-5-2-1-4-15(16)17)20(30)26-10-12-27(13-11-26)21-23-7-3-8-24-21/h1-9,18,28H,10-14H2,(H,25,29)/t18-/m0/s1. The van der Waals surface area contributed by atoms with Crippen LogP contribution >= 0.6 is 0 Å². The number of hydrogen-bond acceptors (Lipinski definition) is 7. The predicted molar refractivity (Wildman–Crippen MR) is 111 cm³/mol. The van der Waals surface area contributed by atoms with Gasteiger partial charge in [0.25, 0.3) is 5.91 Å². The maximum atomic E-state index is 12.9. The Balaban J connectivity index is 1.41. The molecule has 2 aromatic heterocycles. The fourth-order valence-corrected chi connectivity index (χ4v) is 3.52. The summed E-state index contributed by atoms with van der Waals surface area (Å²) in [6.07, 6.45) is 4.91. The molecular formula is C21H22N6O3. The third-order valence-corrected chi connectivity index (χ3v) is 5.11. The van der Waals surface area contributed by atoms with Crippen LogP contribution in [-0.2, 0) is 4.79 Å². The lowest BCUT2D eigenvalue weighted by atomic mass is 10.1. The van der Waals surface area contributed by atoms with Crippen LogP contribution in [0.4, 0.5) is 5.95 Å². The van der Waals surface area contributed by atoms with Crippen LogP contribution in [0.15, 0.2) is 55.0 Å². The number of aromatic nitrogens is 3. The number of carbonyl (C=O) groups is 2. The van der Waals surface area contributed by atoms with Crippen LogP contribution in [0.2, 0.25) is 0 Å². The van der Waals surface area contributed by atoms with Crippen molar-refractivity contribution in [3.63, 3.8) is 0 Å². The van der Waals surface area contributed by atoms with E-state index in [4.69, 9.17) is 0 Å². The van der Waals surface area contributed by atoms with Gasteiger partial charge in [-0.15, -0.1) is 0 Å². The van der Waals surface area contributed by atoms with Crippen molar-refractivity contribution in [2.24, 2.45) is 0 Å². The second kappa shape index (κ2) is 8.83. The van der Waals surface area contributed by atoms with E-state index in [-0.39, 0.29) is 5.91 Å². The SMILES string of the molecule is O=C(N[C@@H](CO)C(=O)N1CCN(c2ncccn2)CC1)c1ccnc2ccccc12. The molecule has 4 rings (SSSR count). The first-order chi connectivity index (χ1) is 14.7. The molecule has 9 heteroatoms. The molecule has 0 aliphatic carbocycles. The summed E-state index contributed by atoms with van der Waals surface area (Å²) in [6, 6.07) is 9.64. The monoisotopic (exact) mass is 406 g/mol. The molecular weight excluding hydrogens is 384 g/mol. The van der Waals surface area contributed by atoms with Crippen molar-refractivity contribution < 1.29 is 14.7 Å². The number of amides is 2. The number of nitrogens with zero attached hydrogens (tertiary/aromatic N) is 5. The van der Waals surface area contributed by atoms with E-state index in [0.29, 0.717) is 48.6 Å². The molecule has 9 nitrogen and oxygen atoms in total. The fourth-order valence-electron chi connectivity index (χ4n) is 3.52. The van der Waals surface area contributed by atoms with Crippen molar-refractivity contribution in [3.05, 3.63) is 60.6 Å². The molecule has 1 atom stereocenters. The maximum Gasteiger partial charge on any atom is 0.252 e. The van der Waals surface area contributed by atoms with E-state index < -0.39 is 18.6 Å². The quantitative estimate of drug-likeness (QED) is 0.633. The minimum absolute atomic E-state index is 0.308. The normalized spacial score (nSPS) is 15.1. The molecule has 30 heavy (non-hydrogen) atoms. The zero-order chi connectivity index (χ0) is 20.9. The van der Waals surface area contributed by atoms with Gasteiger partial charge >= 0.3 is 0 Å². The van der Waals surface area contributed by atoms with Crippen molar-refractivity contribution in [2.45, 2.75) is 6.04 Å². The minimum Gasteiger partial charge on any atom is -0.394 e. The van der Waals surface area contributed by atoms with Gasteiger partial charge in [0.1, 0.15) is 6.04 Å². The van der Waals surface area contributed by atoms with Gasteiger partial charge in [-0.2, -0.15) is 0 Å². The number of rotatable bonds is 5. The Hall–Kier alpha value is -3.59. The maximum absolute atomic E-state index is 12.9. The fraction of sp³-hybridized carbons (Fsp3) is 0.286. The highest BCUT2D eigenvalue weighted by Crippen LogP contribution is 2.16. The van der Waals surface area contributed by atoms with Crippen LogP contribution in [-0.4, -0.2) is 75.6 Å². The molecule has 1 aliphatic heterocycles. The summed E-state index contributed by atoms with van der Waals surface area (Å²) in [7, 11) is 0. The van der Waals surface area contributed by atoms with E-state index in [2.05, 4.69) is 20.3 Å². The Bertz CT molecular complexity index is 1030. The number of pyridine rings is 1. The van der Waals surface area contributed by atoms with Crippen LogP contribution < -0.4 is 10.2 Å². The predicted octanol–water partition coefficient (Wildman–Crippen LogP) is 0.464.